The van der Waals surface area contributed by atoms with E-state index in [4.69, 9.17) is 4.98 Å². The number of pyridine rings is 1. The number of amides is 1. The number of aryl methyl sites for hydroxylation is 2. The Bertz CT molecular complexity index is 1500. The normalized spacial score (nSPS) is 17.5. The third-order valence-corrected chi connectivity index (χ3v) is 8.26. The number of rotatable bonds is 7. The summed E-state index contributed by atoms with van der Waals surface area (Å²) in [6.07, 6.45) is 6.33. The first kappa shape index (κ1) is 25.3. The van der Waals surface area contributed by atoms with E-state index in [9.17, 15) is 10.1 Å². The van der Waals surface area contributed by atoms with Gasteiger partial charge in [-0.2, -0.15) is 5.26 Å². The molecule has 3 aromatic carbocycles. The topological polar surface area (TPSA) is 60.2 Å². The molecule has 3 heterocycles. The molecule has 0 bridgehead atoms. The summed E-state index contributed by atoms with van der Waals surface area (Å²) < 4.78 is 0. The summed E-state index contributed by atoms with van der Waals surface area (Å²) in [4.78, 5) is 23.9. The van der Waals surface area contributed by atoms with Gasteiger partial charge in [0.25, 0.3) is 5.91 Å². The van der Waals surface area contributed by atoms with Gasteiger partial charge in [-0.1, -0.05) is 48.5 Å². The highest BCUT2D eigenvalue weighted by atomic mass is 16.2. The Kier molecular flexibility index (Phi) is 7.38. The van der Waals surface area contributed by atoms with E-state index in [0.717, 1.165) is 85.1 Å². The van der Waals surface area contributed by atoms with E-state index in [1.807, 2.05) is 42.5 Å². The van der Waals surface area contributed by atoms with Gasteiger partial charge >= 0.3 is 0 Å². The average molecular weight is 515 g/mol. The zero-order chi connectivity index (χ0) is 26.6. The molecule has 2 saturated heterocycles. The number of aromatic nitrogens is 1. The lowest BCUT2D eigenvalue weighted by Gasteiger charge is -2.29. The molecule has 5 nitrogen and oxygen atoms in total. The highest BCUT2D eigenvalue weighted by Gasteiger charge is 2.32. The summed E-state index contributed by atoms with van der Waals surface area (Å²) in [5.41, 5.74) is 6.52. The molecule has 1 aromatic heterocycles. The number of nitriles is 1. The van der Waals surface area contributed by atoms with Crippen LogP contribution in [-0.2, 0) is 12.8 Å². The van der Waals surface area contributed by atoms with Gasteiger partial charge in [0, 0.05) is 30.2 Å². The van der Waals surface area contributed by atoms with Crippen LogP contribution in [0.3, 0.4) is 0 Å². The molecule has 1 atom stereocenters. The summed E-state index contributed by atoms with van der Waals surface area (Å²) in [7, 11) is 0. The summed E-state index contributed by atoms with van der Waals surface area (Å²) >= 11 is 0. The predicted molar refractivity (Wildman–Crippen MR) is 155 cm³/mol. The highest BCUT2D eigenvalue weighted by molar-refractivity contribution is 6.07. The quantitative estimate of drug-likeness (QED) is 0.292. The van der Waals surface area contributed by atoms with Crippen LogP contribution in [0.25, 0.3) is 22.0 Å². The molecule has 2 aliphatic heterocycles. The number of likely N-dealkylation sites (tertiary alicyclic amines) is 2. The SMILES string of the molecule is N#Cc1ccc(-c2ccc3nc(CCc4ccccc4)cc(C(=O)N4CCC[C@H]4CN4CCCC4)c3c2)cc1. The van der Waals surface area contributed by atoms with Crippen molar-refractivity contribution in [2.24, 2.45) is 0 Å². The molecule has 2 fully saturated rings. The maximum Gasteiger partial charge on any atom is 0.254 e. The lowest BCUT2D eigenvalue weighted by atomic mass is 9.98. The predicted octanol–water partition coefficient (Wildman–Crippen LogP) is 6.26. The molecule has 39 heavy (non-hydrogen) atoms. The minimum Gasteiger partial charge on any atom is -0.334 e. The van der Waals surface area contributed by atoms with Crippen molar-refractivity contribution in [3.05, 3.63) is 101 Å². The van der Waals surface area contributed by atoms with Crippen LogP contribution in [0, 0.1) is 11.3 Å². The highest BCUT2D eigenvalue weighted by Crippen LogP contribution is 2.30. The maximum absolute atomic E-state index is 14.2. The Hall–Kier alpha value is -4.01. The first-order valence-electron chi connectivity index (χ1n) is 14.2. The van der Waals surface area contributed by atoms with Crippen molar-refractivity contribution in [1.82, 2.24) is 14.8 Å². The number of benzene rings is 3. The number of carbonyl (C=O) groups is 1. The van der Waals surface area contributed by atoms with Crippen molar-refractivity contribution in [2.75, 3.05) is 26.2 Å². The van der Waals surface area contributed by atoms with Gasteiger partial charge in [0.05, 0.1) is 22.7 Å². The first-order valence-corrected chi connectivity index (χ1v) is 14.2. The molecule has 196 valence electrons. The van der Waals surface area contributed by atoms with Crippen molar-refractivity contribution in [1.29, 1.82) is 5.26 Å². The van der Waals surface area contributed by atoms with Crippen molar-refractivity contribution in [3.8, 4) is 17.2 Å². The van der Waals surface area contributed by atoms with E-state index < -0.39 is 0 Å². The molecule has 0 radical (unpaired) electrons. The average Bonchev–Trinajstić information content (AvgIpc) is 3.68. The van der Waals surface area contributed by atoms with Gasteiger partial charge in [-0.15, -0.1) is 0 Å². The van der Waals surface area contributed by atoms with Gasteiger partial charge in [0.1, 0.15) is 0 Å². The molecule has 0 aliphatic carbocycles. The second kappa shape index (κ2) is 11.4. The fourth-order valence-corrected chi connectivity index (χ4v) is 6.13. The lowest BCUT2D eigenvalue weighted by Crippen LogP contribution is -2.42. The number of carbonyl (C=O) groups excluding carboxylic acids is 1. The molecule has 1 amide bonds. The van der Waals surface area contributed by atoms with E-state index >= 15 is 0 Å². The second-order valence-electron chi connectivity index (χ2n) is 10.9. The zero-order valence-corrected chi connectivity index (χ0v) is 22.4. The van der Waals surface area contributed by atoms with Gasteiger partial charge in [-0.3, -0.25) is 9.78 Å². The van der Waals surface area contributed by atoms with Crippen molar-refractivity contribution in [3.63, 3.8) is 0 Å². The summed E-state index contributed by atoms with van der Waals surface area (Å²) in [5, 5.41) is 10.1. The van der Waals surface area contributed by atoms with Gasteiger partial charge in [0.2, 0.25) is 0 Å². The molecular weight excluding hydrogens is 480 g/mol. The third-order valence-electron chi connectivity index (χ3n) is 8.26. The third kappa shape index (κ3) is 5.57. The molecule has 4 aromatic rings. The standard InChI is InChI=1S/C34H34N4O/c35-23-26-10-13-27(14-11-26)28-15-17-33-31(21-28)32(22-29(36-33)16-12-25-7-2-1-3-8-25)34(39)38-20-6-9-30(38)24-37-18-4-5-19-37/h1-3,7-8,10-11,13-15,17,21-22,30H,4-6,9,12,16,18-20,24H2/t30-/m0/s1. The van der Waals surface area contributed by atoms with Crippen LogP contribution in [0.2, 0.25) is 0 Å². The van der Waals surface area contributed by atoms with Crippen molar-refractivity contribution >= 4 is 16.8 Å². The molecular formula is C34H34N4O. The summed E-state index contributed by atoms with van der Waals surface area (Å²) in [5.74, 6) is 0.127. The number of hydrogen-bond acceptors (Lipinski definition) is 4. The van der Waals surface area contributed by atoms with Gasteiger partial charge in [-0.25, -0.2) is 0 Å². The minimum atomic E-state index is 0.127. The van der Waals surface area contributed by atoms with Crippen LogP contribution in [0.5, 0.6) is 0 Å². The van der Waals surface area contributed by atoms with E-state index in [-0.39, 0.29) is 11.9 Å². The van der Waals surface area contributed by atoms with Crippen molar-refractivity contribution in [2.45, 2.75) is 44.6 Å². The second-order valence-corrected chi connectivity index (χ2v) is 10.9. The van der Waals surface area contributed by atoms with E-state index in [1.165, 1.54) is 18.4 Å². The zero-order valence-electron chi connectivity index (χ0n) is 22.4. The van der Waals surface area contributed by atoms with Gasteiger partial charge in [-0.05, 0) is 98.6 Å². The molecule has 0 unspecified atom stereocenters. The van der Waals surface area contributed by atoms with Gasteiger partial charge < -0.3 is 9.80 Å². The van der Waals surface area contributed by atoms with Crippen LogP contribution >= 0.6 is 0 Å². The molecule has 5 heteroatoms. The monoisotopic (exact) mass is 514 g/mol. The van der Waals surface area contributed by atoms with E-state index in [2.05, 4.69) is 52.3 Å². The Morgan fingerprint density at radius 2 is 1.64 bits per heavy atom. The van der Waals surface area contributed by atoms with Gasteiger partial charge in [0.15, 0.2) is 0 Å². The molecule has 0 N–H and O–H groups in total. The van der Waals surface area contributed by atoms with Crippen LogP contribution in [-0.4, -0.2) is 52.9 Å². The number of nitrogens with zero attached hydrogens (tertiary/aromatic N) is 4. The van der Waals surface area contributed by atoms with Crippen LogP contribution in [0.15, 0.2) is 78.9 Å². The minimum absolute atomic E-state index is 0.127. The largest absolute Gasteiger partial charge is 0.334 e. The van der Waals surface area contributed by atoms with Crippen LogP contribution in [0.1, 0.15) is 52.9 Å². The summed E-state index contributed by atoms with van der Waals surface area (Å²) in [6, 6.07) is 28.8. The van der Waals surface area contributed by atoms with Crippen LogP contribution in [0.4, 0.5) is 0 Å². The fourth-order valence-electron chi connectivity index (χ4n) is 6.13. The number of fused-ring (bicyclic) bond motifs is 1. The fraction of sp³-hybridized carbons (Fsp3) is 0.324. The van der Waals surface area contributed by atoms with E-state index in [1.54, 1.807) is 0 Å². The molecule has 0 spiro atoms. The molecule has 0 saturated carbocycles. The van der Waals surface area contributed by atoms with Crippen LogP contribution < -0.4 is 0 Å². The van der Waals surface area contributed by atoms with E-state index in [0.29, 0.717) is 5.56 Å². The molecule has 6 rings (SSSR count). The Morgan fingerprint density at radius 1 is 0.872 bits per heavy atom. The van der Waals surface area contributed by atoms with Crippen molar-refractivity contribution < 1.29 is 4.79 Å². The number of hydrogen-bond donors (Lipinski definition) is 0. The first-order chi connectivity index (χ1) is 19.2. The maximum atomic E-state index is 14.2. The molecule has 2 aliphatic rings. The Labute approximate surface area is 230 Å². The Morgan fingerprint density at radius 3 is 2.41 bits per heavy atom. The summed E-state index contributed by atoms with van der Waals surface area (Å²) in [6.45, 7) is 4.09. The lowest BCUT2D eigenvalue weighted by molar-refractivity contribution is 0.0710. The Balaban J connectivity index is 1.36. The smallest absolute Gasteiger partial charge is 0.254 e.